The van der Waals surface area contributed by atoms with Crippen LogP contribution in [0.3, 0.4) is 0 Å². The Labute approximate surface area is 151 Å². The minimum atomic E-state index is -0.390. The topological polar surface area (TPSA) is 96.9 Å². The highest BCUT2D eigenvalue weighted by Gasteiger charge is 2.05. The lowest BCUT2D eigenvalue weighted by atomic mass is 10.2. The number of ether oxygens (including phenoxy) is 1. The SMILES string of the molecule is CCC(=O)Nc1ccc(C(=O)N/N=C\c2ccc(OC(C)=O)cc2)cc1. The van der Waals surface area contributed by atoms with Gasteiger partial charge in [-0.15, -0.1) is 0 Å². The van der Waals surface area contributed by atoms with Gasteiger partial charge in [0.15, 0.2) is 0 Å². The second kappa shape index (κ2) is 9.12. The summed E-state index contributed by atoms with van der Waals surface area (Å²) >= 11 is 0. The standard InChI is InChI=1S/C19H19N3O4/c1-3-18(24)21-16-8-6-15(7-9-16)19(25)22-20-12-14-4-10-17(11-5-14)26-13(2)23/h4-12H,3H2,1-2H3,(H,21,24)(H,22,25)/b20-12-. The molecule has 7 nitrogen and oxygen atoms in total. The molecule has 0 radical (unpaired) electrons. The molecule has 0 saturated heterocycles. The van der Waals surface area contributed by atoms with Crippen LogP contribution in [0.4, 0.5) is 5.69 Å². The van der Waals surface area contributed by atoms with E-state index in [-0.39, 0.29) is 17.8 Å². The van der Waals surface area contributed by atoms with Gasteiger partial charge in [0.25, 0.3) is 5.91 Å². The highest BCUT2D eigenvalue weighted by molar-refractivity contribution is 5.96. The molecule has 0 aliphatic carbocycles. The van der Waals surface area contributed by atoms with Gasteiger partial charge in [-0.05, 0) is 54.1 Å². The van der Waals surface area contributed by atoms with Gasteiger partial charge in [0.2, 0.25) is 5.91 Å². The molecule has 2 aromatic carbocycles. The molecule has 0 aliphatic heterocycles. The van der Waals surface area contributed by atoms with Crippen molar-refractivity contribution in [1.82, 2.24) is 5.43 Å². The molecule has 0 saturated carbocycles. The third-order valence-corrected chi connectivity index (χ3v) is 3.27. The van der Waals surface area contributed by atoms with E-state index in [2.05, 4.69) is 15.8 Å². The summed E-state index contributed by atoms with van der Waals surface area (Å²) in [6, 6.07) is 13.2. The molecule has 2 N–H and O–H groups in total. The molecule has 0 atom stereocenters. The van der Waals surface area contributed by atoms with Crippen molar-refractivity contribution in [3.63, 3.8) is 0 Å². The van der Waals surface area contributed by atoms with E-state index in [1.165, 1.54) is 13.1 Å². The summed E-state index contributed by atoms with van der Waals surface area (Å²) in [6.07, 6.45) is 1.87. The second-order valence-corrected chi connectivity index (χ2v) is 5.34. The van der Waals surface area contributed by atoms with Gasteiger partial charge in [0.05, 0.1) is 6.21 Å². The molecular weight excluding hydrogens is 334 g/mol. The first-order valence-corrected chi connectivity index (χ1v) is 7.99. The normalized spacial score (nSPS) is 10.4. The summed E-state index contributed by atoms with van der Waals surface area (Å²) < 4.78 is 4.93. The molecule has 7 heteroatoms. The minimum Gasteiger partial charge on any atom is -0.427 e. The van der Waals surface area contributed by atoms with Crippen LogP contribution < -0.4 is 15.5 Å². The fraction of sp³-hybridized carbons (Fsp3) is 0.158. The van der Waals surface area contributed by atoms with Crippen LogP contribution in [-0.4, -0.2) is 24.0 Å². The van der Waals surface area contributed by atoms with E-state index in [0.29, 0.717) is 23.4 Å². The molecule has 0 aliphatic rings. The molecule has 0 heterocycles. The summed E-state index contributed by atoms with van der Waals surface area (Å²) in [6.45, 7) is 3.09. The van der Waals surface area contributed by atoms with Gasteiger partial charge >= 0.3 is 5.97 Å². The van der Waals surface area contributed by atoms with Crippen LogP contribution in [0.2, 0.25) is 0 Å². The third kappa shape index (κ3) is 5.86. The molecule has 26 heavy (non-hydrogen) atoms. The summed E-state index contributed by atoms with van der Waals surface area (Å²) in [7, 11) is 0. The predicted molar refractivity (Wildman–Crippen MR) is 98.2 cm³/mol. The highest BCUT2D eigenvalue weighted by atomic mass is 16.5. The predicted octanol–water partition coefficient (Wildman–Crippen LogP) is 2.72. The Bertz CT molecular complexity index is 812. The summed E-state index contributed by atoms with van der Waals surface area (Å²) in [5.41, 5.74) is 4.21. The van der Waals surface area contributed by atoms with E-state index >= 15 is 0 Å². The summed E-state index contributed by atoms with van der Waals surface area (Å²) in [5.74, 6) is -0.412. The van der Waals surface area contributed by atoms with Gasteiger partial charge in [-0.1, -0.05) is 6.92 Å². The Morgan fingerprint density at radius 3 is 2.27 bits per heavy atom. The Morgan fingerprint density at radius 2 is 1.69 bits per heavy atom. The molecule has 0 fully saturated rings. The van der Waals surface area contributed by atoms with Gasteiger partial charge in [-0.25, -0.2) is 5.43 Å². The largest absolute Gasteiger partial charge is 0.427 e. The number of carbonyl (C=O) groups excluding carboxylic acids is 3. The van der Waals surface area contributed by atoms with Crippen molar-refractivity contribution in [2.45, 2.75) is 20.3 Å². The van der Waals surface area contributed by atoms with Gasteiger partial charge in [0, 0.05) is 24.6 Å². The quantitative estimate of drug-likeness (QED) is 0.361. The van der Waals surface area contributed by atoms with Crippen LogP contribution in [0.1, 0.15) is 36.2 Å². The Hall–Kier alpha value is -3.48. The molecule has 0 aromatic heterocycles. The average molecular weight is 353 g/mol. The fourth-order valence-corrected chi connectivity index (χ4v) is 1.97. The molecule has 2 aromatic rings. The van der Waals surface area contributed by atoms with Crippen molar-refractivity contribution in [1.29, 1.82) is 0 Å². The first kappa shape index (κ1) is 18.9. The minimum absolute atomic E-state index is 0.0912. The van der Waals surface area contributed by atoms with Crippen LogP contribution in [-0.2, 0) is 9.59 Å². The van der Waals surface area contributed by atoms with E-state index in [4.69, 9.17) is 4.74 Å². The zero-order chi connectivity index (χ0) is 18.9. The number of carbonyl (C=O) groups is 3. The molecule has 0 unspecified atom stereocenters. The van der Waals surface area contributed by atoms with Crippen LogP contribution >= 0.6 is 0 Å². The van der Waals surface area contributed by atoms with E-state index in [1.54, 1.807) is 55.5 Å². The molecule has 0 spiro atoms. The number of hydrogen-bond acceptors (Lipinski definition) is 5. The monoisotopic (exact) mass is 353 g/mol. The number of hydrazone groups is 1. The zero-order valence-corrected chi connectivity index (χ0v) is 14.5. The first-order valence-electron chi connectivity index (χ1n) is 7.99. The fourth-order valence-electron chi connectivity index (χ4n) is 1.97. The molecular formula is C19H19N3O4. The molecule has 134 valence electrons. The molecule has 0 bridgehead atoms. The van der Waals surface area contributed by atoms with Crippen molar-refractivity contribution < 1.29 is 19.1 Å². The van der Waals surface area contributed by atoms with Gasteiger partial charge < -0.3 is 10.1 Å². The van der Waals surface area contributed by atoms with Crippen molar-refractivity contribution >= 4 is 29.7 Å². The maximum absolute atomic E-state index is 12.0. The van der Waals surface area contributed by atoms with Crippen molar-refractivity contribution in [2.24, 2.45) is 5.10 Å². The van der Waals surface area contributed by atoms with E-state index in [9.17, 15) is 14.4 Å². The molecule has 2 rings (SSSR count). The molecule has 2 amide bonds. The first-order chi connectivity index (χ1) is 12.5. The van der Waals surface area contributed by atoms with Gasteiger partial charge in [0.1, 0.15) is 5.75 Å². The number of esters is 1. The van der Waals surface area contributed by atoms with Crippen molar-refractivity contribution in [3.05, 3.63) is 59.7 Å². The number of hydrogen-bond donors (Lipinski definition) is 2. The van der Waals surface area contributed by atoms with E-state index < -0.39 is 0 Å². The summed E-state index contributed by atoms with van der Waals surface area (Å²) in [4.78, 5) is 34.2. The van der Waals surface area contributed by atoms with E-state index in [1.807, 2.05) is 0 Å². The number of benzene rings is 2. The second-order valence-electron chi connectivity index (χ2n) is 5.34. The Morgan fingerprint density at radius 1 is 1.04 bits per heavy atom. The Kier molecular flexibility index (Phi) is 6.61. The Balaban J connectivity index is 1.90. The number of anilines is 1. The van der Waals surface area contributed by atoms with Gasteiger partial charge in [-0.3, -0.25) is 14.4 Å². The smallest absolute Gasteiger partial charge is 0.308 e. The highest BCUT2D eigenvalue weighted by Crippen LogP contribution is 2.11. The van der Waals surface area contributed by atoms with Gasteiger partial charge in [-0.2, -0.15) is 5.10 Å². The van der Waals surface area contributed by atoms with E-state index in [0.717, 1.165) is 5.56 Å². The lowest BCUT2D eigenvalue weighted by molar-refractivity contribution is -0.131. The van der Waals surface area contributed by atoms with Crippen molar-refractivity contribution in [2.75, 3.05) is 5.32 Å². The average Bonchev–Trinajstić information content (AvgIpc) is 2.63. The maximum atomic E-state index is 12.0. The lowest BCUT2D eigenvalue weighted by Gasteiger charge is -2.04. The van der Waals surface area contributed by atoms with Crippen LogP contribution in [0, 0.1) is 0 Å². The number of amides is 2. The number of nitrogens with one attached hydrogen (secondary N) is 2. The maximum Gasteiger partial charge on any atom is 0.308 e. The summed E-state index contributed by atoms with van der Waals surface area (Å²) in [5, 5.41) is 6.60. The lowest BCUT2D eigenvalue weighted by Crippen LogP contribution is -2.17. The zero-order valence-electron chi connectivity index (χ0n) is 14.5. The van der Waals surface area contributed by atoms with Crippen LogP contribution in [0.15, 0.2) is 53.6 Å². The number of rotatable bonds is 6. The van der Waals surface area contributed by atoms with Crippen LogP contribution in [0.25, 0.3) is 0 Å². The third-order valence-electron chi connectivity index (χ3n) is 3.27. The van der Waals surface area contributed by atoms with Crippen molar-refractivity contribution in [3.8, 4) is 5.75 Å². The van der Waals surface area contributed by atoms with Crippen LogP contribution in [0.5, 0.6) is 5.75 Å². The number of nitrogens with zero attached hydrogens (tertiary/aromatic N) is 1.